The molecule has 0 spiro atoms. The molecular weight excluding hydrogens is 469 g/mol. The van der Waals surface area contributed by atoms with E-state index in [1.165, 1.54) is 12.4 Å². The maximum absolute atomic E-state index is 13.4. The minimum Gasteiger partial charge on any atom is -0.354 e. The third-order valence-corrected chi connectivity index (χ3v) is 6.66. The summed E-state index contributed by atoms with van der Waals surface area (Å²) in [6, 6.07) is 8.68. The maximum Gasteiger partial charge on any atom is 0.451 e. The minimum absolute atomic E-state index is 0.0230. The van der Waals surface area contributed by atoms with E-state index in [0.717, 1.165) is 6.42 Å². The number of fused-ring (bicyclic) bond motifs is 1. The van der Waals surface area contributed by atoms with Crippen molar-refractivity contribution in [2.75, 3.05) is 44.2 Å². The van der Waals surface area contributed by atoms with Gasteiger partial charge in [-0.2, -0.15) is 13.2 Å². The predicted molar refractivity (Wildman–Crippen MR) is 122 cm³/mol. The Balaban J connectivity index is 1.27. The molecule has 2 aliphatic heterocycles. The van der Waals surface area contributed by atoms with E-state index in [1.54, 1.807) is 30.3 Å². The van der Waals surface area contributed by atoms with Gasteiger partial charge in [-0.05, 0) is 36.8 Å². The van der Waals surface area contributed by atoms with Crippen LogP contribution in [0, 0.1) is 0 Å². The Morgan fingerprint density at radius 3 is 2.44 bits per heavy atom. The first-order valence-corrected chi connectivity index (χ1v) is 11.4. The fourth-order valence-electron chi connectivity index (χ4n) is 4.63. The van der Waals surface area contributed by atoms with E-state index in [9.17, 15) is 18.0 Å². The zero-order valence-electron chi connectivity index (χ0n) is 18.2. The number of hydrogen-bond acceptors (Lipinski definition) is 6. The lowest BCUT2D eigenvalue weighted by Gasteiger charge is -2.38. The number of amides is 1. The highest BCUT2D eigenvalue weighted by Crippen LogP contribution is 2.33. The standard InChI is InChI=1S/C23H22ClF3N6O/c24-16-3-1-15(2-4-16)21(34)32-11-9-31(10-12-32)17-6-8-33(14-17)20-18-5-7-28-13-19(18)29-22(30-20)23(25,26)27/h1-5,7,13,17H,6,8-12,14H2/t17-/m0/s1. The van der Waals surface area contributed by atoms with Crippen LogP contribution in [0.25, 0.3) is 10.9 Å². The van der Waals surface area contributed by atoms with Crippen LogP contribution in [0.4, 0.5) is 19.0 Å². The molecule has 1 amide bonds. The van der Waals surface area contributed by atoms with Crippen LogP contribution in [0.15, 0.2) is 42.7 Å². The second kappa shape index (κ2) is 8.99. The van der Waals surface area contributed by atoms with Crippen molar-refractivity contribution in [3.63, 3.8) is 0 Å². The summed E-state index contributed by atoms with van der Waals surface area (Å²) in [5, 5.41) is 1.14. The van der Waals surface area contributed by atoms with E-state index >= 15 is 0 Å². The van der Waals surface area contributed by atoms with Crippen LogP contribution in [0.5, 0.6) is 0 Å². The average molecular weight is 491 g/mol. The largest absolute Gasteiger partial charge is 0.451 e. The number of carbonyl (C=O) groups is 1. The fraction of sp³-hybridized carbons (Fsp3) is 0.391. The highest BCUT2D eigenvalue weighted by atomic mass is 35.5. The first-order chi connectivity index (χ1) is 16.3. The van der Waals surface area contributed by atoms with E-state index in [4.69, 9.17) is 11.6 Å². The predicted octanol–water partition coefficient (Wildman–Crippen LogP) is 3.73. The van der Waals surface area contributed by atoms with Gasteiger partial charge in [-0.1, -0.05) is 11.6 Å². The van der Waals surface area contributed by atoms with Crippen molar-refractivity contribution in [1.82, 2.24) is 24.8 Å². The summed E-state index contributed by atoms with van der Waals surface area (Å²) >= 11 is 5.91. The van der Waals surface area contributed by atoms with Crippen LogP contribution in [-0.2, 0) is 6.18 Å². The van der Waals surface area contributed by atoms with Gasteiger partial charge in [-0.15, -0.1) is 0 Å². The summed E-state index contributed by atoms with van der Waals surface area (Å²) in [5.41, 5.74) is 0.785. The zero-order valence-corrected chi connectivity index (χ0v) is 18.9. The number of nitrogens with zero attached hydrogens (tertiary/aromatic N) is 6. The molecule has 2 fully saturated rings. The van der Waals surface area contributed by atoms with Gasteiger partial charge in [-0.25, -0.2) is 9.97 Å². The number of carbonyl (C=O) groups excluding carboxylic acids is 1. The molecule has 3 aromatic rings. The molecule has 7 nitrogen and oxygen atoms in total. The number of piperazine rings is 1. The average Bonchev–Trinajstić information content (AvgIpc) is 3.33. The first kappa shape index (κ1) is 22.8. The van der Waals surface area contributed by atoms with Crippen LogP contribution in [0.1, 0.15) is 22.6 Å². The first-order valence-electron chi connectivity index (χ1n) is 11.0. The molecule has 0 bridgehead atoms. The van der Waals surface area contributed by atoms with E-state index < -0.39 is 12.0 Å². The second-order valence-corrected chi connectivity index (χ2v) is 8.92. The molecule has 2 saturated heterocycles. The minimum atomic E-state index is -4.63. The maximum atomic E-state index is 13.4. The SMILES string of the molecule is O=C(c1ccc(Cl)cc1)N1CCN([C@H]2CCN(c3nc(C(F)(F)F)nc4cnccc34)C2)CC1. The number of pyridine rings is 1. The Kier molecular flexibility index (Phi) is 6.03. The summed E-state index contributed by atoms with van der Waals surface area (Å²) in [7, 11) is 0. The third-order valence-electron chi connectivity index (χ3n) is 6.40. The number of halogens is 4. The van der Waals surface area contributed by atoms with Gasteiger partial charge < -0.3 is 9.80 Å². The van der Waals surface area contributed by atoms with Gasteiger partial charge >= 0.3 is 6.18 Å². The number of aromatic nitrogens is 3. The molecular formula is C23H22ClF3N6O. The highest BCUT2D eigenvalue weighted by molar-refractivity contribution is 6.30. The fourth-order valence-corrected chi connectivity index (χ4v) is 4.76. The van der Waals surface area contributed by atoms with Crippen molar-refractivity contribution in [2.24, 2.45) is 0 Å². The molecule has 0 radical (unpaired) electrons. The lowest BCUT2D eigenvalue weighted by molar-refractivity contribution is -0.144. The normalized spacial score (nSPS) is 19.7. The Labute approximate surface area is 199 Å². The molecule has 4 heterocycles. The van der Waals surface area contributed by atoms with Crippen molar-refractivity contribution in [2.45, 2.75) is 18.6 Å². The Bertz CT molecular complexity index is 1200. The van der Waals surface area contributed by atoms with Crippen molar-refractivity contribution in [3.05, 3.63) is 59.1 Å². The van der Waals surface area contributed by atoms with Crippen LogP contribution >= 0.6 is 11.6 Å². The number of alkyl halides is 3. The molecule has 1 atom stereocenters. The Hall–Kier alpha value is -2.98. The number of anilines is 1. The third kappa shape index (κ3) is 4.52. The molecule has 0 aliphatic carbocycles. The summed E-state index contributed by atoms with van der Waals surface area (Å²) < 4.78 is 40.2. The van der Waals surface area contributed by atoms with Crippen LogP contribution < -0.4 is 4.90 Å². The summed E-state index contributed by atoms with van der Waals surface area (Å²) in [6.07, 6.45) is -0.957. The second-order valence-electron chi connectivity index (χ2n) is 8.48. The van der Waals surface area contributed by atoms with Crippen molar-refractivity contribution in [1.29, 1.82) is 0 Å². The van der Waals surface area contributed by atoms with Gasteiger partial charge in [0.1, 0.15) is 5.82 Å². The van der Waals surface area contributed by atoms with Gasteiger partial charge in [0.2, 0.25) is 5.82 Å². The number of benzene rings is 1. The van der Waals surface area contributed by atoms with Gasteiger partial charge in [0, 0.05) is 67.5 Å². The molecule has 178 valence electrons. The zero-order chi connectivity index (χ0) is 23.9. The molecule has 1 aromatic carbocycles. The quantitative estimate of drug-likeness (QED) is 0.557. The van der Waals surface area contributed by atoms with E-state index in [2.05, 4.69) is 19.9 Å². The summed E-state index contributed by atoms with van der Waals surface area (Å²) in [6.45, 7) is 3.77. The van der Waals surface area contributed by atoms with Crippen LogP contribution in [0.3, 0.4) is 0 Å². The molecule has 0 unspecified atom stereocenters. The Morgan fingerprint density at radius 1 is 1.00 bits per heavy atom. The summed E-state index contributed by atoms with van der Waals surface area (Å²) in [5.74, 6) is -0.885. The van der Waals surface area contributed by atoms with Gasteiger partial charge in [-0.3, -0.25) is 14.7 Å². The number of hydrogen-bond donors (Lipinski definition) is 0. The van der Waals surface area contributed by atoms with Crippen molar-refractivity contribution in [3.8, 4) is 0 Å². The molecule has 11 heteroatoms. The van der Waals surface area contributed by atoms with Gasteiger partial charge in [0.15, 0.2) is 0 Å². The lowest BCUT2D eigenvalue weighted by atomic mass is 10.1. The van der Waals surface area contributed by atoms with E-state index in [-0.39, 0.29) is 17.5 Å². The van der Waals surface area contributed by atoms with Gasteiger partial charge in [0.25, 0.3) is 5.91 Å². The van der Waals surface area contributed by atoms with Crippen LogP contribution in [-0.4, -0.2) is 76.0 Å². The number of rotatable bonds is 3. The molecule has 34 heavy (non-hydrogen) atoms. The highest BCUT2D eigenvalue weighted by Gasteiger charge is 2.37. The van der Waals surface area contributed by atoms with Gasteiger partial charge in [0.05, 0.1) is 11.7 Å². The molecule has 2 aromatic heterocycles. The Morgan fingerprint density at radius 2 is 1.74 bits per heavy atom. The lowest BCUT2D eigenvalue weighted by Crippen LogP contribution is -2.52. The molecule has 5 rings (SSSR count). The monoisotopic (exact) mass is 490 g/mol. The molecule has 2 aliphatic rings. The van der Waals surface area contributed by atoms with Crippen molar-refractivity contribution >= 4 is 34.2 Å². The topological polar surface area (TPSA) is 65.5 Å². The van der Waals surface area contributed by atoms with E-state index in [1.807, 2.05) is 9.80 Å². The van der Waals surface area contributed by atoms with E-state index in [0.29, 0.717) is 61.1 Å². The molecule has 0 saturated carbocycles. The summed E-state index contributed by atoms with van der Waals surface area (Å²) in [4.78, 5) is 30.3. The molecule has 0 N–H and O–H groups in total. The van der Waals surface area contributed by atoms with Crippen LogP contribution in [0.2, 0.25) is 5.02 Å². The van der Waals surface area contributed by atoms with Crippen molar-refractivity contribution < 1.29 is 18.0 Å². The smallest absolute Gasteiger partial charge is 0.354 e.